The summed E-state index contributed by atoms with van der Waals surface area (Å²) in [6, 6.07) is 11.8. The van der Waals surface area contributed by atoms with Crippen molar-refractivity contribution in [3.8, 4) is 0 Å². The maximum Gasteiger partial charge on any atom is 0.187 e. The molecule has 0 spiro atoms. The standard InChI is InChI=1S/C20H21N3O/c1-15(2)23-13-16(11-18-7-3-5-9-21-18)20(24)17(14-23)12-19-8-4-6-10-22-19/h3-12,15H,13-14H2,1-2H3/b16-11-,17-12+. The smallest absolute Gasteiger partial charge is 0.187 e. The number of hydrogen-bond donors (Lipinski definition) is 0. The number of rotatable bonds is 3. The van der Waals surface area contributed by atoms with E-state index in [1.165, 1.54) is 0 Å². The van der Waals surface area contributed by atoms with Gasteiger partial charge in [-0.25, -0.2) is 0 Å². The molecule has 0 saturated carbocycles. The third-order valence-electron chi connectivity index (χ3n) is 4.08. The summed E-state index contributed by atoms with van der Waals surface area (Å²) in [7, 11) is 0. The molecule has 2 aromatic heterocycles. The van der Waals surface area contributed by atoms with Crippen molar-refractivity contribution in [2.24, 2.45) is 0 Å². The van der Waals surface area contributed by atoms with Gasteiger partial charge in [0.15, 0.2) is 5.78 Å². The van der Waals surface area contributed by atoms with Crippen LogP contribution in [0.25, 0.3) is 12.2 Å². The fourth-order valence-electron chi connectivity index (χ4n) is 2.71. The lowest BCUT2D eigenvalue weighted by molar-refractivity contribution is -0.113. The van der Waals surface area contributed by atoms with E-state index in [4.69, 9.17) is 0 Å². The van der Waals surface area contributed by atoms with E-state index in [2.05, 4.69) is 28.7 Å². The van der Waals surface area contributed by atoms with Gasteiger partial charge in [-0.15, -0.1) is 0 Å². The lowest BCUT2D eigenvalue weighted by Crippen LogP contribution is -2.41. The number of aromatic nitrogens is 2. The van der Waals surface area contributed by atoms with Gasteiger partial charge in [0, 0.05) is 42.7 Å². The van der Waals surface area contributed by atoms with Crippen molar-refractivity contribution >= 4 is 17.9 Å². The van der Waals surface area contributed by atoms with Crippen LogP contribution in [-0.4, -0.2) is 39.8 Å². The minimum Gasteiger partial charge on any atom is -0.292 e. The van der Waals surface area contributed by atoms with Crippen molar-refractivity contribution in [2.75, 3.05) is 13.1 Å². The van der Waals surface area contributed by atoms with Crippen LogP contribution >= 0.6 is 0 Å². The van der Waals surface area contributed by atoms with Crippen molar-refractivity contribution in [1.29, 1.82) is 0 Å². The molecule has 3 heterocycles. The highest BCUT2D eigenvalue weighted by molar-refractivity contribution is 6.14. The highest BCUT2D eigenvalue weighted by Crippen LogP contribution is 2.22. The van der Waals surface area contributed by atoms with Crippen molar-refractivity contribution in [1.82, 2.24) is 14.9 Å². The van der Waals surface area contributed by atoms with Crippen LogP contribution in [0.2, 0.25) is 0 Å². The molecule has 0 radical (unpaired) electrons. The zero-order valence-electron chi connectivity index (χ0n) is 14.0. The number of carbonyl (C=O) groups is 1. The van der Waals surface area contributed by atoms with Crippen LogP contribution in [0, 0.1) is 0 Å². The van der Waals surface area contributed by atoms with Crippen molar-refractivity contribution < 1.29 is 4.79 Å². The highest BCUT2D eigenvalue weighted by atomic mass is 16.1. The summed E-state index contributed by atoms with van der Waals surface area (Å²) in [6.07, 6.45) is 7.27. The molecule has 122 valence electrons. The third-order valence-corrected chi connectivity index (χ3v) is 4.08. The molecule has 0 unspecified atom stereocenters. The average molecular weight is 319 g/mol. The van der Waals surface area contributed by atoms with E-state index in [0.717, 1.165) is 22.5 Å². The number of ketones is 1. The molecule has 1 fully saturated rings. The molecular formula is C20H21N3O. The number of Topliss-reactive ketones (excluding diaryl/α,β-unsaturated/α-hetero) is 1. The fraction of sp³-hybridized carbons (Fsp3) is 0.250. The van der Waals surface area contributed by atoms with Crippen molar-refractivity contribution in [3.63, 3.8) is 0 Å². The first-order chi connectivity index (χ1) is 11.6. The molecule has 1 saturated heterocycles. The molecule has 1 aliphatic rings. The van der Waals surface area contributed by atoms with Gasteiger partial charge in [-0.1, -0.05) is 12.1 Å². The van der Waals surface area contributed by atoms with Crippen LogP contribution in [0.4, 0.5) is 0 Å². The van der Waals surface area contributed by atoms with Crippen LogP contribution in [0.1, 0.15) is 25.2 Å². The summed E-state index contributed by atoms with van der Waals surface area (Å²) < 4.78 is 0. The van der Waals surface area contributed by atoms with E-state index in [1.54, 1.807) is 12.4 Å². The first-order valence-corrected chi connectivity index (χ1v) is 8.15. The third kappa shape index (κ3) is 3.84. The van der Waals surface area contributed by atoms with Crippen molar-refractivity contribution in [2.45, 2.75) is 19.9 Å². The summed E-state index contributed by atoms with van der Waals surface area (Å²) in [6.45, 7) is 5.58. The number of hydrogen-bond acceptors (Lipinski definition) is 4. The van der Waals surface area contributed by atoms with Gasteiger partial charge < -0.3 is 0 Å². The second-order valence-corrected chi connectivity index (χ2v) is 6.18. The van der Waals surface area contributed by atoms with Gasteiger partial charge in [-0.3, -0.25) is 19.7 Å². The number of likely N-dealkylation sites (tertiary alicyclic amines) is 1. The topological polar surface area (TPSA) is 46.1 Å². The predicted octanol–water partition coefficient (Wildman–Crippen LogP) is 3.24. The zero-order valence-corrected chi connectivity index (χ0v) is 14.0. The quantitative estimate of drug-likeness (QED) is 0.815. The Hall–Kier alpha value is -2.59. The maximum atomic E-state index is 12.9. The Labute approximate surface area is 142 Å². The van der Waals surface area contributed by atoms with Crippen molar-refractivity contribution in [3.05, 3.63) is 71.3 Å². The lowest BCUT2D eigenvalue weighted by Gasteiger charge is -2.32. The Bertz CT molecular complexity index is 702. The van der Waals surface area contributed by atoms with E-state index in [9.17, 15) is 4.79 Å². The molecule has 2 aromatic rings. The minimum absolute atomic E-state index is 0.0863. The summed E-state index contributed by atoms with van der Waals surface area (Å²) in [5.74, 6) is 0.0863. The highest BCUT2D eigenvalue weighted by Gasteiger charge is 2.27. The zero-order chi connectivity index (χ0) is 16.9. The second kappa shape index (κ2) is 7.32. The molecule has 24 heavy (non-hydrogen) atoms. The normalized spacial score (nSPS) is 19.4. The molecule has 0 aliphatic carbocycles. The van der Waals surface area contributed by atoms with Crippen LogP contribution < -0.4 is 0 Å². The van der Waals surface area contributed by atoms with E-state index in [-0.39, 0.29) is 5.78 Å². The Morgan fingerprint density at radius 2 is 1.42 bits per heavy atom. The van der Waals surface area contributed by atoms with E-state index in [0.29, 0.717) is 19.1 Å². The van der Waals surface area contributed by atoms with E-state index in [1.807, 2.05) is 48.6 Å². The van der Waals surface area contributed by atoms with Gasteiger partial charge in [0.25, 0.3) is 0 Å². The number of carbonyl (C=O) groups excluding carboxylic acids is 1. The molecule has 1 aliphatic heterocycles. The molecule has 0 atom stereocenters. The Kier molecular flexibility index (Phi) is 4.96. The van der Waals surface area contributed by atoms with Crippen LogP contribution in [0.15, 0.2) is 59.9 Å². The summed E-state index contributed by atoms with van der Waals surface area (Å²) in [5.41, 5.74) is 3.17. The summed E-state index contributed by atoms with van der Waals surface area (Å²) in [4.78, 5) is 23.8. The van der Waals surface area contributed by atoms with E-state index < -0.39 is 0 Å². The van der Waals surface area contributed by atoms with Gasteiger partial charge in [-0.2, -0.15) is 0 Å². The summed E-state index contributed by atoms with van der Waals surface area (Å²) in [5, 5.41) is 0. The number of piperidine rings is 1. The van der Waals surface area contributed by atoms with Gasteiger partial charge in [0.05, 0.1) is 11.4 Å². The Morgan fingerprint density at radius 1 is 0.917 bits per heavy atom. The van der Waals surface area contributed by atoms with Gasteiger partial charge in [-0.05, 0) is 50.3 Å². The van der Waals surface area contributed by atoms with Crippen LogP contribution in [0.3, 0.4) is 0 Å². The van der Waals surface area contributed by atoms with Crippen LogP contribution in [-0.2, 0) is 4.79 Å². The fourth-order valence-corrected chi connectivity index (χ4v) is 2.71. The Balaban J connectivity index is 1.96. The Morgan fingerprint density at radius 3 is 1.79 bits per heavy atom. The minimum atomic E-state index is 0.0863. The lowest BCUT2D eigenvalue weighted by atomic mass is 9.95. The van der Waals surface area contributed by atoms with Gasteiger partial charge in [0.1, 0.15) is 0 Å². The molecule has 0 N–H and O–H groups in total. The monoisotopic (exact) mass is 319 g/mol. The van der Waals surface area contributed by atoms with Gasteiger partial charge >= 0.3 is 0 Å². The average Bonchev–Trinajstić information content (AvgIpc) is 2.60. The molecule has 0 aromatic carbocycles. The summed E-state index contributed by atoms with van der Waals surface area (Å²) >= 11 is 0. The molecule has 4 nitrogen and oxygen atoms in total. The predicted molar refractivity (Wildman–Crippen MR) is 96.1 cm³/mol. The molecule has 4 heteroatoms. The number of nitrogens with zero attached hydrogens (tertiary/aromatic N) is 3. The number of pyridine rings is 2. The maximum absolute atomic E-state index is 12.9. The van der Waals surface area contributed by atoms with E-state index >= 15 is 0 Å². The first-order valence-electron chi connectivity index (χ1n) is 8.15. The largest absolute Gasteiger partial charge is 0.292 e. The molecule has 0 amide bonds. The molecule has 0 bridgehead atoms. The SMILES string of the molecule is CC(C)N1C/C(=C/c2ccccn2)C(=O)/C(=C/c2ccccn2)C1. The van der Waals surface area contributed by atoms with Crippen LogP contribution in [0.5, 0.6) is 0 Å². The molecule has 3 rings (SSSR count). The van der Waals surface area contributed by atoms with Gasteiger partial charge in [0.2, 0.25) is 0 Å². The second-order valence-electron chi connectivity index (χ2n) is 6.18. The first kappa shape index (κ1) is 16.3. The molecular weight excluding hydrogens is 298 g/mol.